The molecule has 1 aliphatic heterocycles. The molecule has 1 aromatic rings. The van der Waals surface area contributed by atoms with Crippen molar-refractivity contribution >= 4 is 5.91 Å². The lowest BCUT2D eigenvalue weighted by atomic mass is 9.42. The van der Waals surface area contributed by atoms with Crippen molar-refractivity contribution < 1.29 is 9.53 Å². The van der Waals surface area contributed by atoms with E-state index in [9.17, 15) is 4.79 Å². The van der Waals surface area contributed by atoms with E-state index in [1.54, 1.807) is 0 Å². The van der Waals surface area contributed by atoms with Gasteiger partial charge >= 0.3 is 0 Å². The molecule has 1 amide bonds. The third-order valence-electron chi connectivity index (χ3n) is 8.76. The van der Waals surface area contributed by atoms with Gasteiger partial charge < -0.3 is 10.1 Å². The van der Waals surface area contributed by atoms with Crippen molar-refractivity contribution in [3.05, 3.63) is 35.4 Å². The van der Waals surface area contributed by atoms with Crippen LogP contribution in [0, 0.1) is 24.2 Å². The maximum atomic E-state index is 13.7. The molecule has 0 aromatic heterocycles. The van der Waals surface area contributed by atoms with Gasteiger partial charge in [0, 0.05) is 25.2 Å². The summed E-state index contributed by atoms with van der Waals surface area (Å²) in [6.07, 6.45) is 7.13. The van der Waals surface area contributed by atoms with Crippen LogP contribution in [0.2, 0.25) is 0 Å². The fraction of sp³-hybridized carbons (Fsp3) is 0.731. The Morgan fingerprint density at radius 1 is 1.10 bits per heavy atom. The number of ether oxygens (including phenoxy) is 1. The molecule has 4 bridgehead atoms. The number of hydrogen-bond acceptors (Lipinski definition) is 3. The van der Waals surface area contributed by atoms with Crippen LogP contribution in [0.3, 0.4) is 0 Å². The van der Waals surface area contributed by atoms with Gasteiger partial charge in [-0.15, -0.1) is 0 Å². The Labute approximate surface area is 181 Å². The number of nitrogens with one attached hydrogen (secondary N) is 1. The second-order valence-corrected chi connectivity index (χ2v) is 11.5. The van der Waals surface area contributed by atoms with Crippen LogP contribution in [0.1, 0.15) is 63.5 Å². The standard InChI is InChI=1S/C26H38N2O2/c1-19-4-6-22(7-5-19)25-13-20-12-21(14-25)16-26(15-20,17-25)23(29)27-18-24(2,3)28-8-10-30-11-9-28/h4-7,20-21H,8-18H2,1-3H3,(H,27,29). The average molecular weight is 411 g/mol. The van der Waals surface area contributed by atoms with Crippen molar-refractivity contribution in [3.8, 4) is 0 Å². The van der Waals surface area contributed by atoms with Crippen LogP contribution < -0.4 is 5.32 Å². The van der Waals surface area contributed by atoms with Gasteiger partial charge in [-0.25, -0.2) is 0 Å². The molecule has 164 valence electrons. The number of aryl methyl sites for hydroxylation is 1. The Balaban J connectivity index is 1.33. The summed E-state index contributed by atoms with van der Waals surface area (Å²) in [5.74, 6) is 1.76. The summed E-state index contributed by atoms with van der Waals surface area (Å²) < 4.78 is 5.52. The first-order valence-electron chi connectivity index (χ1n) is 12.0. The molecule has 2 unspecified atom stereocenters. The quantitative estimate of drug-likeness (QED) is 0.796. The summed E-state index contributed by atoms with van der Waals surface area (Å²) in [5, 5.41) is 3.43. The molecule has 2 atom stereocenters. The van der Waals surface area contributed by atoms with E-state index in [1.165, 1.54) is 30.4 Å². The summed E-state index contributed by atoms with van der Waals surface area (Å²) in [7, 11) is 0. The van der Waals surface area contributed by atoms with E-state index in [4.69, 9.17) is 4.74 Å². The number of morpholine rings is 1. The van der Waals surface area contributed by atoms with Crippen LogP contribution in [0.15, 0.2) is 24.3 Å². The maximum Gasteiger partial charge on any atom is 0.226 e. The van der Waals surface area contributed by atoms with Gasteiger partial charge in [-0.2, -0.15) is 0 Å². The number of nitrogens with zero attached hydrogens (tertiary/aromatic N) is 1. The number of benzene rings is 1. The Bertz CT molecular complexity index is 780. The lowest BCUT2D eigenvalue weighted by Gasteiger charge is -2.61. The predicted molar refractivity (Wildman–Crippen MR) is 119 cm³/mol. The fourth-order valence-electron chi connectivity index (χ4n) is 7.54. The molecule has 0 radical (unpaired) electrons. The molecule has 30 heavy (non-hydrogen) atoms. The molecule has 4 saturated carbocycles. The highest BCUT2D eigenvalue weighted by Crippen LogP contribution is 2.65. The van der Waals surface area contributed by atoms with E-state index in [-0.39, 0.29) is 16.4 Å². The maximum absolute atomic E-state index is 13.7. The molecule has 1 saturated heterocycles. The smallest absolute Gasteiger partial charge is 0.226 e. The number of carbonyl (C=O) groups excluding carboxylic acids is 1. The van der Waals surface area contributed by atoms with Crippen LogP contribution in [-0.4, -0.2) is 49.2 Å². The van der Waals surface area contributed by atoms with Crippen molar-refractivity contribution in [2.45, 2.75) is 70.3 Å². The molecule has 4 nitrogen and oxygen atoms in total. The number of carbonyl (C=O) groups is 1. The first-order chi connectivity index (χ1) is 14.3. The Morgan fingerprint density at radius 2 is 1.73 bits per heavy atom. The molecule has 1 N–H and O–H groups in total. The lowest BCUT2D eigenvalue weighted by molar-refractivity contribution is -0.149. The van der Waals surface area contributed by atoms with E-state index in [0.717, 1.165) is 52.1 Å². The predicted octanol–water partition coefficient (Wildman–Crippen LogP) is 4.06. The molecular formula is C26H38N2O2. The second kappa shape index (κ2) is 7.34. The minimum absolute atomic E-state index is 0.0314. The van der Waals surface area contributed by atoms with E-state index >= 15 is 0 Å². The number of rotatable bonds is 5. The second-order valence-electron chi connectivity index (χ2n) is 11.5. The summed E-state index contributed by atoms with van der Waals surface area (Å²) in [5.41, 5.74) is 2.83. The van der Waals surface area contributed by atoms with Gasteiger partial charge in [-0.05, 0) is 82.1 Å². The zero-order valence-corrected chi connectivity index (χ0v) is 19.0. The van der Waals surface area contributed by atoms with Crippen molar-refractivity contribution in [2.24, 2.45) is 17.3 Å². The monoisotopic (exact) mass is 410 g/mol. The first kappa shape index (κ1) is 20.5. The van der Waals surface area contributed by atoms with Crippen LogP contribution in [0.5, 0.6) is 0 Å². The third-order valence-corrected chi connectivity index (χ3v) is 8.76. The fourth-order valence-corrected chi connectivity index (χ4v) is 7.54. The zero-order chi connectivity index (χ0) is 21.0. The molecule has 4 aliphatic carbocycles. The molecule has 1 heterocycles. The van der Waals surface area contributed by atoms with Gasteiger partial charge in [0.2, 0.25) is 5.91 Å². The third kappa shape index (κ3) is 3.50. The van der Waals surface area contributed by atoms with Gasteiger partial charge in [0.1, 0.15) is 0 Å². The lowest BCUT2D eigenvalue weighted by Crippen LogP contribution is -2.61. The molecule has 1 aromatic carbocycles. The molecule has 6 rings (SSSR count). The summed E-state index contributed by atoms with van der Waals surface area (Å²) in [6, 6.07) is 9.20. The minimum atomic E-state index is -0.157. The highest BCUT2D eigenvalue weighted by molar-refractivity contribution is 5.83. The van der Waals surface area contributed by atoms with Crippen molar-refractivity contribution in [1.82, 2.24) is 10.2 Å². The molecule has 0 spiro atoms. The van der Waals surface area contributed by atoms with Gasteiger partial charge in [0.25, 0.3) is 0 Å². The van der Waals surface area contributed by atoms with E-state index in [1.807, 2.05) is 0 Å². The van der Waals surface area contributed by atoms with Crippen molar-refractivity contribution in [2.75, 3.05) is 32.8 Å². The van der Waals surface area contributed by atoms with Crippen LogP contribution >= 0.6 is 0 Å². The van der Waals surface area contributed by atoms with Crippen molar-refractivity contribution in [1.29, 1.82) is 0 Å². The average Bonchev–Trinajstić information content (AvgIpc) is 2.72. The summed E-state index contributed by atoms with van der Waals surface area (Å²) in [6.45, 7) is 10.9. The highest BCUT2D eigenvalue weighted by Gasteiger charge is 2.60. The molecule has 5 fully saturated rings. The van der Waals surface area contributed by atoms with Gasteiger partial charge in [0.05, 0.1) is 18.6 Å². The van der Waals surface area contributed by atoms with E-state index in [0.29, 0.717) is 17.7 Å². The van der Waals surface area contributed by atoms with E-state index in [2.05, 4.69) is 55.3 Å². The zero-order valence-electron chi connectivity index (χ0n) is 19.0. The van der Waals surface area contributed by atoms with Gasteiger partial charge in [0.15, 0.2) is 0 Å². The highest BCUT2D eigenvalue weighted by atomic mass is 16.5. The Morgan fingerprint density at radius 3 is 2.37 bits per heavy atom. The van der Waals surface area contributed by atoms with Crippen LogP contribution in [0.25, 0.3) is 0 Å². The molecule has 4 heteroatoms. The normalized spacial score (nSPS) is 36.1. The van der Waals surface area contributed by atoms with Crippen molar-refractivity contribution in [3.63, 3.8) is 0 Å². The Hall–Kier alpha value is -1.39. The molecular weight excluding hydrogens is 372 g/mol. The SMILES string of the molecule is Cc1ccc(C23CC4CC(CC(C(=O)NCC(C)(C)N5CCOCC5)(C4)C2)C3)cc1. The van der Waals surface area contributed by atoms with Gasteiger partial charge in [-0.3, -0.25) is 9.69 Å². The van der Waals surface area contributed by atoms with Crippen LogP contribution in [-0.2, 0) is 14.9 Å². The summed E-state index contributed by atoms with van der Waals surface area (Å²) >= 11 is 0. The van der Waals surface area contributed by atoms with Crippen LogP contribution in [0.4, 0.5) is 0 Å². The minimum Gasteiger partial charge on any atom is -0.379 e. The van der Waals surface area contributed by atoms with E-state index < -0.39 is 0 Å². The largest absolute Gasteiger partial charge is 0.379 e. The number of amides is 1. The topological polar surface area (TPSA) is 41.6 Å². The molecule has 5 aliphatic rings. The number of hydrogen-bond donors (Lipinski definition) is 1. The Kier molecular flexibility index (Phi) is 5.02. The van der Waals surface area contributed by atoms with Gasteiger partial charge in [-0.1, -0.05) is 29.8 Å². The first-order valence-corrected chi connectivity index (χ1v) is 12.0. The summed E-state index contributed by atoms with van der Waals surface area (Å²) in [4.78, 5) is 16.2.